The van der Waals surface area contributed by atoms with Crippen LogP contribution in [0.4, 0.5) is 11.4 Å². The molecule has 0 heterocycles. The van der Waals surface area contributed by atoms with Crippen LogP contribution in [0.3, 0.4) is 0 Å². The summed E-state index contributed by atoms with van der Waals surface area (Å²) in [4.78, 5) is 0.0914. The highest BCUT2D eigenvalue weighted by Gasteiger charge is 2.17. The van der Waals surface area contributed by atoms with Crippen molar-refractivity contribution in [3.05, 3.63) is 78.9 Å². The number of anilines is 2. The molecule has 0 aliphatic carbocycles. The third-order valence-electron chi connectivity index (χ3n) is 3.89. The van der Waals surface area contributed by atoms with Gasteiger partial charge in [0, 0.05) is 11.4 Å². The highest BCUT2D eigenvalue weighted by Crippen LogP contribution is 2.22. The van der Waals surface area contributed by atoms with Gasteiger partial charge >= 0.3 is 0 Å². The van der Waals surface area contributed by atoms with Crippen molar-refractivity contribution in [3.8, 4) is 5.75 Å². The van der Waals surface area contributed by atoms with Crippen LogP contribution in [0.15, 0.2) is 88.7 Å². The summed E-state index contributed by atoms with van der Waals surface area (Å²) in [7, 11) is -7.59. The highest BCUT2D eigenvalue weighted by atomic mass is 32.2. The summed E-state index contributed by atoms with van der Waals surface area (Å²) in [6.07, 6.45) is 0. The molecule has 9 heteroatoms. The van der Waals surface area contributed by atoms with E-state index in [1.807, 2.05) is 6.92 Å². The zero-order valence-corrected chi connectivity index (χ0v) is 17.2. The minimum atomic E-state index is -3.81. The van der Waals surface area contributed by atoms with Crippen molar-refractivity contribution in [1.29, 1.82) is 0 Å². The van der Waals surface area contributed by atoms with E-state index in [-0.39, 0.29) is 15.5 Å². The van der Waals surface area contributed by atoms with Gasteiger partial charge in [-0.1, -0.05) is 18.2 Å². The van der Waals surface area contributed by atoms with Crippen LogP contribution in [0.25, 0.3) is 0 Å². The second-order valence-electron chi connectivity index (χ2n) is 6.01. The van der Waals surface area contributed by atoms with Gasteiger partial charge in [-0.2, -0.15) is 0 Å². The minimum Gasteiger partial charge on any atom is -0.494 e. The molecule has 2 N–H and O–H groups in total. The van der Waals surface area contributed by atoms with E-state index in [9.17, 15) is 16.8 Å². The first-order valence-corrected chi connectivity index (χ1v) is 11.7. The number of hydrogen-bond donors (Lipinski definition) is 2. The fourth-order valence-electron chi connectivity index (χ4n) is 2.52. The quantitative estimate of drug-likeness (QED) is 0.565. The number of sulfonamides is 2. The van der Waals surface area contributed by atoms with Crippen LogP contribution in [-0.2, 0) is 20.0 Å². The van der Waals surface area contributed by atoms with Crippen LogP contribution in [0.5, 0.6) is 5.75 Å². The summed E-state index contributed by atoms with van der Waals surface area (Å²) in [5, 5.41) is 0. The highest BCUT2D eigenvalue weighted by molar-refractivity contribution is 7.93. The molecule has 0 atom stereocenters. The van der Waals surface area contributed by atoms with E-state index in [0.29, 0.717) is 18.0 Å². The lowest BCUT2D eigenvalue weighted by molar-refractivity contribution is 0.340. The number of ether oxygens (including phenoxy) is 1. The number of para-hydroxylation sites is 1. The Morgan fingerprint density at radius 2 is 1.10 bits per heavy atom. The molecule has 3 rings (SSSR count). The van der Waals surface area contributed by atoms with Gasteiger partial charge in [0.1, 0.15) is 5.75 Å². The predicted octanol–water partition coefficient (Wildman–Crippen LogP) is 3.69. The fraction of sp³-hybridized carbons (Fsp3) is 0.100. The lowest BCUT2D eigenvalue weighted by atomic mass is 10.3. The molecule has 3 aromatic carbocycles. The van der Waals surface area contributed by atoms with Crippen LogP contribution >= 0.6 is 0 Å². The maximum Gasteiger partial charge on any atom is 0.261 e. The Kier molecular flexibility index (Phi) is 6.09. The molecule has 0 aliphatic rings. The van der Waals surface area contributed by atoms with Gasteiger partial charge in [-0.05, 0) is 67.6 Å². The van der Waals surface area contributed by atoms with Gasteiger partial charge in [0.15, 0.2) is 0 Å². The van der Waals surface area contributed by atoms with Gasteiger partial charge in [-0.25, -0.2) is 16.8 Å². The monoisotopic (exact) mass is 432 g/mol. The Balaban J connectivity index is 1.74. The summed E-state index contributed by atoms with van der Waals surface area (Å²) < 4.78 is 60.1. The van der Waals surface area contributed by atoms with E-state index in [4.69, 9.17) is 4.74 Å². The first-order chi connectivity index (χ1) is 13.8. The summed E-state index contributed by atoms with van der Waals surface area (Å²) in [5.41, 5.74) is 0.685. The van der Waals surface area contributed by atoms with Crippen molar-refractivity contribution in [3.63, 3.8) is 0 Å². The van der Waals surface area contributed by atoms with Crippen molar-refractivity contribution >= 4 is 31.4 Å². The molecule has 0 bridgehead atoms. The van der Waals surface area contributed by atoms with E-state index < -0.39 is 20.0 Å². The molecule has 0 saturated heterocycles. The average molecular weight is 433 g/mol. The van der Waals surface area contributed by atoms with Crippen molar-refractivity contribution in [2.75, 3.05) is 16.1 Å². The summed E-state index contributed by atoms with van der Waals surface area (Å²) in [6, 6.07) is 20.0. The zero-order valence-electron chi connectivity index (χ0n) is 15.6. The largest absolute Gasteiger partial charge is 0.494 e. The lowest BCUT2D eigenvalue weighted by Crippen LogP contribution is -2.14. The second-order valence-corrected chi connectivity index (χ2v) is 9.37. The molecule has 0 amide bonds. The molecule has 0 saturated carbocycles. The van der Waals surface area contributed by atoms with Gasteiger partial charge in [-0.15, -0.1) is 0 Å². The van der Waals surface area contributed by atoms with Crippen molar-refractivity contribution < 1.29 is 21.6 Å². The maximum atomic E-state index is 12.5. The van der Waals surface area contributed by atoms with Gasteiger partial charge in [0.2, 0.25) is 0 Å². The SMILES string of the molecule is CCOc1ccc(S(=O)(=O)Nc2ccc(S(=O)(=O)Nc3ccccc3)cc2)cc1. The van der Waals surface area contributed by atoms with Crippen molar-refractivity contribution in [2.45, 2.75) is 16.7 Å². The van der Waals surface area contributed by atoms with Gasteiger partial charge in [0.25, 0.3) is 20.0 Å². The van der Waals surface area contributed by atoms with E-state index in [2.05, 4.69) is 9.44 Å². The van der Waals surface area contributed by atoms with Crippen LogP contribution in [0.1, 0.15) is 6.92 Å². The van der Waals surface area contributed by atoms with Crippen LogP contribution in [0.2, 0.25) is 0 Å². The predicted molar refractivity (Wildman–Crippen MR) is 112 cm³/mol. The molecule has 0 spiro atoms. The van der Waals surface area contributed by atoms with Crippen molar-refractivity contribution in [1.82, 2.24) is 0 Å². The fourth-order valence-corrected chi connectivity index (χ4v) is 4.64. The maximum absolute atomic E-state index is 12.5. The first kappa shape index (κ1) is 20.7. The molecule has 7 nitrogen and oxygen atoms in total. The van der Waals surface area contributed by atoms with E-state index in [1.54, 1.807) is 42.5 Å². The second kappa shape index (κ2) is 8.54. The topological polar surface area (TPSA) is 102 Å². The van der Waals surface area contributed by atoms with E-state index in [1.165, 1.54) is 36.4 Å². The van der Waals surface area contributed by atoms with Crippen LogP contribution in [-0.4, -0.2) is 23.4 Å². The molecular weight excluding hydrogens is 412 g/mol. The average Bonchev–Trinajstić information content (AvgIpc) is 2.69. The molecular formula is C20H20N2O5S2. The molecule has 3 aromatic rings. The third kappa shape index (κ3) is 5.27. The van der Waals surface area contributed by atoms with E-state index >= 15 is 0 Å². The molecule has 0 aromatic heterocycles. The normalized spacial score (nSPS) is 11.6. The Bertz CT molecular complexity index is 1160. The Morgan fingerprint density at radius 1 is 0.655 bits per heavy atom. The Hall–Kier alpha value is -3.04. The molecule has 0 unspecified atom stereocenters. The molecule has 0 radical (unpaired) electrons. The summed E-state index contributed by atoms with van der Waals surface area (Å²) in [5.74, 6) is 0.576. The molecule has 152 valence electrons. The van der Waals surface area contributed by atoms with Crippen molar-refractivity contribution in [2.24, 2.45) is 0 Å². The number of nitrogens with one attached hydrogen (secondary N) is 2. The molecule has 0 aliphatic heterocycles. The smallest absolute Gasteiger partial charge is 0.261 e. The Labute approximate surface area is 170 Å². The standard InChI is InChI=1S/C20H20N2O5S2/c1-2-27-18-10-14-20(15-11-18)29(25,26)22-17-8-12-19(13-9-17)28(23,24)21-16-6-4-3-5-7-16/h3-15,21-22H,2H2,1H3. The summed E-state index contributed by atoms with van der Waals surface area (Å²) >= 11 is 0. The minimum absolute atomic E-state index is 0.0189. The van der Waals surface area contributed by atoms with Gasteiger partial charge in [0.05, 0.1) is 16.4 Å². The first-order valence-electron chi connectivity index (χ1n) is 8.74. The number of benzene rings is 3. The van der Waals surface area contributed by atoms with E-state index in [0.717, 1.165) is 0 Å². The lowest BCUT2D eigenvalue weighted by Gasteiger charge is -2.11. The summed E-state index contributed by atoms with van der Waals surface area (Å²) in [6.45, 7) is 2.32. The third-order valence-corrected chi connectivity index (χ3v) is 6.68. The molecule has 29 heavy (non-hydrogen) atoms. The number of hydrogen-bond acceptors (Lipinski definition) is 5. The number of rotatable bonds is 8. The van der Waals surface area contributed by atoms with Crippen LogP contribution < -0.4 is 14.2 Å². The molecule has 0 fully saturated rings. The zero-order chi connectivity index (χ0) is 20.9. The van der Waals surface area contributed by atoms with Crippen LogP contribution in [0, 0.1) is 0 Å². The Morgan fingerprint density at radius 3 is 1.59 bits per heavy atom. The van der Waals surface area contributed by atoms with Gasteiger partial charge in [-0.3, -0.25) is 9.44 Å². The van der Waals surface area contributed by atoms with Gasteiger partial charge < -0.3 is 4.74 Å².